The highest BCUT2D eigenvalue weighted by atomic mass is 32.1. The van der Waals surface area contributed by atoms with E-state index in [1.54, 1.807) is 30.3 Å². The molecule has 0 unspecified atom stereocenters. The van der Waals surface area contributed by atoms with Crippen LogP contribution in [-0.2, 0) is 4.79 Å². The van der Waals surface area contributed by atoms with Crippen molar-refractivity contribution in [2.24, 2.45) is 0 Å². The van der Waals surface area contributed by atoms with Gasteiger partial charge in [0.1, 0.15) is 0 Å². The number of carbonyl (C=O) groups is 2. The van der Waals surface area contributed by atoms with Crippen molar-refractivity contribution in [3.63, 3.8) is 0 Å². The van der Waals surface area contributed by atoms with E-state index >= 15 is 0 Å². The zero-order valence-electron chi connectivity index (χ0n) is 12.6. The van der Waals surface area contributed by atoms with E-state index in [2.05, 4.69) is 10.6 Å². The number of nitrogens with one attached hydrogen (secondary N) is 2. The van der Waals surface area contributed by atoms with Gasteiger partial charge in [0.15, 0.2) is 10.9 Å². The van der Waals surface area contributed by atoms with Gasteiger partial charge in [-0.05, 0) is 42.9 Å². The number of rotatable bonds is 4. The van der Waals surface area contributed by atoms with Crippen molar-refractivity contribution >= 4 is 40.8 Å². The lowest BCUT2D eigenvalue weighted by molar-refractivity contribution is -0.115. The number of thiocarbonyl (C=S) groups is 1. The van der Waals surface area contributed by atoms with Crippen molar-refractivity contribution in [2.45, 2.75) is 6.92 Å². The lowest BCUT2D eigenvalue weighted by Gasteiger charge is -2.08. The smallest absolute Gasteiger partial charge is 0.250 e. The number of hydrogen-bond donors (Lipinski definition) is 2. The second-order valence-electron chi connectivity index (χ2n) is 4.82. The van der Waals surface area contributed by atoms with E-state index < -0.39 is 0 Å². The standard InChI is InChI=1S/C18H16N2O2S/c1-13(21)15-8-5-9-16(12-15)19-18(23)20-17(22)11-10-14-6-3-2-4-7-14/h2-12H,1H3,(H2,19,20,22,23)/b11-10+. The highest BCUT2D eigenvalue weighted by Crippen LogP contribution is 2.11. The molecule has 0 saturated carbocycles. The highest BCUT2D eigenvalue weighted by molar-refractivity contribution is 7.80. The minimum absolute atomic E-state index is 0.0330. The molecule has 0 spiro atoms. The molecule has 0 saturated heterocycles. The minimum Gasteiger partial charge on any atom is -0.332 e. The van der Waals surface area contributed by atoms with E-state index in [9.17, 15) is 9.59 Å². The van der Waals surface area contributed by atoms with Gasteiger partial charge in [0.05, 0.1) is 0 Å². The quantitative estimate of drug-likeness (QED) is 0.514. The molecule has 2 rings (SSSR count). The van der Waals surface area contributed by atoms with Gasteiger partial charge in [-0.15, -0.1) is 0 Å². The third-order valence-electron chi connectivity index (χ3n) is 2.99. The first kappa shape index (κ1) is 16.6. The number of ketones is 1. The van der Waals surface area contributed by atoms with Gasteiger partial charge in [0.2, 0.25) is 5.91 Å². The van der Waals surface area contributed by atoms with Crippen molar-refractivity contribution in [1.82, 2.24) is 5.32 Å². The Morgan fingerprint density at radius 1 is 1.04 bits per heavy atom. The van der Waals surface area contributed by atoms with Gasteiger partial charge in [0, 0.05) is 17.3 Å². The van der Waals surface area contributed by atoms with Crippen molar-refractivity contribution in [2.75, 3.05) is 5.32 Å². The molecule has 5 heteroatoms. The third kappa shape index (κ3) is 5.48. The summed E-state index contributed by atoms with van der Waals surface area (Å²) in [6.07, 6.45) is 3.11. The van der Waals surface area contributed by atoms with E-state index in [-0.39, 0.29) is 16.8 Å². The van der Waals surface area contributed by atoms with E-state index in [1.807, 2.05) is 30.3 Å². The fourth-order valence-electron chi connectivity index (χ4n) is 1.87. The molecule has 0 aliphatic heterocycles. The Morgan fingerprint density at radius 3 is 2.48 bits per heavy atom. The molecular weight excluding hydrogens is 308 g/mol. The van der Waals surface area contributed by atoms with Gasteiger partial charge in [-0.25, -0.2) is 0 Å². The Kier molecular flexibility index (Phi) is 5.77. The first-order valence-electron chi connectivity index (χ1n) is 7.01. The number of carbonyl (C=O) groups excluding carboxylic acids is 2. The zero-order valence-corrected chi connectivity index (χ0v) is 13.4. The summed E-state index contributed by atoms with van der Waals surface area (Å²) in [7, 11) is 0. The predicted octanol–water partition coefficient (Wildman–Crippen LogP) is 3.42. The Hall–Kier alpha value is -2.79. The Morgan fingerprint density at radius 2 is 1.78 bits per heavy atom. The molecule has 0 bridgehead atoms. The Bertz CT molecular complexity index is 755. The van der Waals surface area contributed by atoms with Crippen molar-refractivity contribution in [1.29, 1.82) is 0 Å². The maximum atomic E-state index is 11.8. The number of anilines is 1. The van der Waals surface area contributed by atoms with Crippen LogP contribution >= 0.6 is 12.2 Å². The normalized spacial score (nSPS) is 10.3. The monoisotopic (exact) mass is 324 g/mol. The summed E-state index contributed by atoms with van der Waals surface area (Å²) in [5, 5.41) is 5.61. The summed E-state index contributed by atoms with van der Waals surface area (Å²) in [6, 6.07) is 16.4. The average molecular weight is 324 g/mol. The van der Waals surface area contributed by atoms with Crippen LogP contribution in [0, 0.1) is 0 Å². The molecule has 116 valence electrons. The highest BCUT2D eigenvalue weighted by Gasteiger charge is 2.04. The van der Waals surface area contributed by atoms with Crippen LogP contribution in [0.1, 0.15) is 22.8 Å². The van der Waals surface area contributed by atoms with Crippen LogP contribution in [-0.4, -0.2) is 16.8 Å². The molecular formula is C18H16N2O2S. The number of benzene rings is 2. The van der Waals surface area contributed by atoms with Crippen LogP contribution in [0.25, 0.3) is 6.08 Å². The second kappa shape index (κ2) is 8.00. The largest absolute Gasteiger partial charge is 0.332 e. The predicted molar refractivity (Wildman–Crippen MR) is 96.3 cm³/mol. The third-order valence-corrected chi connectivity index (χ3v) is 3.19. The molecule has 0 fully saturated rings. The molecule has 2 aromatic carbocycles. The number of Topliss-reactive ketones (excluding diaryl/α,β-unsaturated/α-hetero) is 1. The van der Waals surface area contributed by atoms with Crippen LogP contribution in [0.15, 0.2) is 60.7 Å². The van der Waals surface area contributed by atoms with Gasteiger partial charge >= 0.3 is 0 Å². The number of hydrogen-bond acceptors (Lipinski definition) is 3. The maximum Gasteiger partial charge on any atom is 0.250 e. The van der Waals surface area contributed by atoms with Crippen molar-refractivity contribution in [3.05, 3.63) is 71.8 Å². The van der Waals surface area contributed by atoms with Gasteiger partial charge in [-0.1, -0.05) is 42.5 Å². The first-order valence-corrected chi connectivity index (χ1v) is 7.41. The van der Waals surface area contributed by atoms with Gasteiger partial charge in [-0.2, -0.15) is 0 Å². The molecule has 0 atom stereocenters. The molecule has 2 aromatic rings. The zero-order chi connectivity index (χ0) is 16.7. The lowest BCUT2D eigenvalue weighted by atomic mass is 10.1. The van der Waals surface area contributed by atoms with Crippen LogP contribution in [0.5, 0.6) is 0 Å². The fraction of sp³-hybridized carbons (Fsp3) is 0.0556. The lowest BCUT2D eigenvalue weighted by Crippen LogP contribution is -2.32. The molecule has 1 amide bonds. The summed E-state index contributed by atoms with van der Waals surface area (Å²) in [4.78, 5) is 23.2. The topological polar surface area (TPSA) is 58.2 Å². The summed E-state index contributed by atoms with van der Waals surface area (Å²) < 4.78 is 0. The van der Waals surface area contributed by atoms with Crippen molar-refractivity contribution < 1.29 is 9.59 Å². The second-order valence-corrected chi connectivity index (χ2v) is 5.23. The summed E-state index contributed by atoms with van der Waals surface area (Å²) in [5.41, 5.74) is 2.15. The van der Waals surface area contributed by atoms with E-state index in [4.69, 9.17) is 12.2 Å². The van der Waals surface area contributed by atoms with Crippen LogP contribution in [0.2, 0.25) is 0 Å². The molecule has 0 aromatic heterocycles. The molecule has 2 N–H and O–H groups in total. The Labute approximate surface area is 140 Å². The SMILES string of the molecule is CC(=O)c1cccc(NC(=S)NC(=O)/C=C/c2ccccc2)c1. The van der Waals surface area contributed by atoms with Gasteiger partial charge in [0.25, 0.3) is 0 Å². The summed E-state index contributed by atoms with van der Waals surface area (Å²) >= 11 is 5.09. The van der Waals surface area contributed by atoms with E-state index in [0.29, 0.717) is 11.3 Å². The maximum absolute atomic E-state index is 11.8. The van der Waals surface area contributed by atoms with Gasteiger partial charge in [-0.3, -0.25) is 14.9 Å². The van der Waals surface area contributed by atoms with Crippen molar-refractivity contribution in [3.8, 4) is 0 Å². The van der Waals surface area contributed by atoms with Crippen LogP contribution in [0.4, 0.5) is 5.69 Å². The molecule has 0 aliphatic rings. The van der Waals surface area contributed by atoms with Crippen LogP contribution < -0.4 is 10.6 Å². The number of amides is 1. The van der Waals surface area contributed by atoms with Gasteiger partial charge < -0.3 is 5.32 Å². The Balaban J connectivity index is 1.92. The minimum atomic E-state index is -0.325. The molecule has 0 heterocycles. The van der Waals surface area contributed by atoms with Crippen LogP contribution in [0.3, 0.4) is 0 Å². The summed E-state index contributed by atoms with van der Waals surface area (Å²) in [5.74, 6) is -0.358. The summed E-state index contributed by atoms with van der Waals surface area (Å²) in [6.45, 7) is 1.49. The average Bonchev–Trinajstić information content (AvgIpc) is 2.54. The van der Waals surface area contributed by atoms with E-state index in [0.717, 1.165) is 5.56 Å². The molecule has 0 aliphatic carbocycles. The molecule has 0 radical (unpaired) electrons. The fourth-order valence-corrected chi connectivity index (χ4v) is 2.09. The molecule has 4 nitrogen and oxygen atoms in total. The van der Waals surface area contributed by atoms with E-state index in [1.165, 1.54) is 13.0 Å². The first-order chi connectivity index (χ1) is 11.0. The molecule has 23 heavy (non-hydrogen) atoms.